The van der Waals surface area contributed by atoms with Crippen LogP contribution >= 0.6 is 11.8 Å². The zero-order chi connectivity index (χ0) is 13.8. The van der Waals surface area contributed by atoms with Gasteiger partial charge in [0.25, 0.3) is 10.0 Å². The number of rotatable bonds is 7. The molecule has 18 heavy (non-hydrogen) atoms. The lowest BCUT2D eigenvalue weighted by atomic mass is 10.3. The lowest BCUT2D eigenvalue weighted by Crippen LogP contribution is -2.34. The molecule has 1 unspecified atom stereocenters. The maximum Gasteiger partial charge on any atom is 0.340 e. The van der Waals surface area contributed by atoms with Crippen LogP contribution in [0.15, 0.2) is 11.2 Å². The molecule has 0 radical (unpaired) electrons. The van der Waals surface area contributed by atoms with Crippen molar-refractivity contribution in [3.63, 3.8) is 0 Å². The highest BCUT2D eigenvalue weighted by Crippen LogP contribution is 2.13. The van der Waals surface area contributed by atoms with Gasteiger partial charge in [-0.3, -0.25) is 5.10 Å². The van der Waals surface area contributed by atoms with E-state index >= 15 is 0 Å². The van der Waals surface area contributed by atoms with Crippen LogP contribution in [0.4, 0.5) is 0 Å². The standard InChI is InChI=1S/C9H15N3O4S2/c1-6(3-4-17-2)12-18(15,16)8-7(9(13)14)5-10-11-8/h5-6,12H,3-4H2,1-2H3,(H,10,11)(H,13,14). The van der Waals surface area contributed by atoms with Crippen LogP contribution in [0, 0.1) is 0 Å². The average molecular weight is 293 g/mol. The monoisotopic (exact) mass is 293 g/mol. The quantitative estimate of drug-likeness (QED) is 0.676. The molecule has 0 aliphatic carbocycles. The van der Waals surface area contributed by atoms with Gasteiger partial charge in [-0.25, -0.2) is 17.9 Å². The Labute approximate surface area is 109 Å². The molecule has 1 aromatic rings. The molecule has 0 amide bonds. The molecule has 1 atom stereocenters. The highest BCUT2D eigenvalue weighted by molar-refractivity contribution is 7.98. The molecule has 0 saturated heterocycles. The minimum Gasteiger partial charge on any atom is -0.478 e. The summed E-state index contributed by atoms with van der Waals surface area (Å²) >= 11 is 1.61. The van der Waals surface area contributed by atoms with Gasteiger partial charge in [-0.15, -0.1) is 0 Å². The van der Waals surface area contributed by atoms with E-state index in [4.69, 9.17) is 5.11 Å². The van der Waals surface area contributed by atoms with E-state index in [9.17, 15) is 13.2 Å². The van der Waals surface area contributed by atoms with E-state index in [1.54, 1.807) is 18.7 Å². The van der Waals surface area contributed by atoms with Crippen molar-refractivity contribution in [1.29, 1.82) is 0 Å². The lowest BCUT2D eigenvalue weighted by Gasteiger charge is -2.12. The molecule has 0 bridgehead atoms. The number of nitrogens with zero attached hydrogens (tertiary/aromatic N) is 1. The second-order valence-electron chi connectivity index (χ2n) is 3.72. The van der Waals surface area contributed by atoms with Gasteiger partial charge >= 0.3 is 5.97 Å². The first-order chi connectivity index (χ1) is 8.38. The molecule has 0 fully saturated rings. The van der Waals surface area contributed by atoms with Crippen LogP contribution in [-0.2, 0) is 10.0 Å². The van der Waals surface area contributed by atoms with E-state index in [1.807, 2.05) is 6.26 Å². The molecule has 0 aliphatic heterocycles. The van der Waals surface area contributed by atoms with E-state index in [1.165, 1.54) is 0 Å². The van der Waals surface area contributed by atoms with Crippen LogP contribution in [0.3, 0.4) is 0 Å². The van der Waals surface area contributed by atoms with Crippen molar-refractivity contribution in [2.24, 2.45) is 0 Å². The van der Waals surface area contributed by atoms with Crippen molar-refractivity contribution in [2.45, 2.75) is 24.4 Å². The number of carboxylic acids is 1. The Hall–Kier alpha value is -1.06. The topological polar surface area (TPSA) is 112 Å². The Morgan fingerprint density at radius 2 is 2.33 bits per heavy atom. The number of carboxylic acid groups (broad SMARTS) is 1. The molecule has 9 heteroatoms. The number of thioether (sulfide) groups is 1. The van der Waals surface area contributed by atoms with Crippen molar-refractivity contribution in [3.05, 3.63) is 11.8 Å². The second kappa shape index (κ2) is 6.21. The van der Waals surface area contributed by atoms with Crippen LogP contribution in [0.1, 0.15) is 23.7 Å². The third-order valence-corrected chi connectivity index (χ3v) is 4.42. The third kappa shape index (κ3) is 3.72. The number of sulfonamides is 1. The van der Waals surface area contributed by atoms with Crippen molar-refractivity contribution in [2.75, 3.05) is 12.0 Å². The largest absolute Gasteiger partial charge is 0.478 e. The number of carbonyl (C=O) groups is 1. The lowest BCUT2D eigenvalue weighted by molar-refractivity contribution is 0.0692. The SMILES string of the molecule is CSCCC(C)NS(=O)(=O)c1[nH]ncc1C(=O)O. The number of nitrogens with one attached hydrogen (secondary N) is 2. The van der Waals surface area contributed by atoms with Gasteiger partial charge in [0.15, 0.2) is 5.03 Å². The summed E-state index contributed by atoms with van der Waals surface area (Å²) < 4.78 is 26.3. The molecule has 1 heterocycles. The van der Waals surface area contributed by atoms with E-state index in [-0.39, 0.29) is 11.6 Å². The molecular weight excluding hydrogens is 278 g/mol. The fourth-order valence-corrected chi connectivity index (χ4v) is 3.27. The molecule has 7 nitrogen and oxygen atoms in total. The average Bonchev–Trinajstić information content (AvgIpc) is 2.75. The summed E-state index contributed by atoms with van der Waals surface area (Å²) in [5, 5.41) is 14.1. The molecule has 1 rings (SSSR count). The normalized spacial score (nSPS) is 13.4. The van der Waals surface area contributed by atoms with Crippen LogP contribution in [-0.4, -0.2) is 47.7 Å². The van der Waals surface area contributed by atoms with Gasteiger partial charge < -0.3 is 5.11 Å². The Morgan fingerprint density at radius 1 is 1.67 bits per heavy atom. The number of aromatic nitrogens is 2. The van der Waals surface area contributed by atoms with Crippen LogP contribution < -0.4 is 4.72 Å². The molecule has 0 spiro atoms. The zero-order valence-corrected chi connectivity index (χ0v) is 11.6. The molecule has 0 saturated carbocycles. The van der Waals surface area contributed by atoms with E-state index < -0.39 is 21.0 Å². The second-order valence-corrected chi connectivity index (χ2v) is 6.36. The van der Waals surface area contributed by atoms with Crippen molar-refractivity contribution >= 4 is 27.8 Å². The van der Waals surface area contributed by atoms with E-state index in [2.05, 4.69) is 14.9 Å². The Morgan fingerprint density at radius 3 is 2.89 bits per heavy atom. The summed E-state index contributed by atoms with van der Waals surface area (Å²) in [6.45, 7) is 1.73. The summed E-state index contributed by atoms with van der Waals surface area (Å²) in [4.78, 5) is 10.8. The number of hydrogen-bond donors (Lipinski definition) is 3. The zero-order valence-electron chi connectivity index (χ0n) is 10.0. The van der Waals surface area contributed by atoms with Crippen molar-refractivity contribution in [1.82, 2.24) is 14.9 Å². The Balaban J connectivity index is 2.86. The number of hydrogen-bond acceptors (Lipinski definition) is 5. The maximum absolute atomic E-state index is 11.9. The van der Waals surface area contributed by atoms with Gasteiger partial charge in [-0.05, 0) is 25.4 Å². The molecule has 0 aliphatic rings. The molecule has 1 aromatic heterocycles. The summed E-state index contributed by atoms with van der Waals surface area (Å²) in [5.74, 6) is -0.515. The van der Waals surface area contributed by atoms with Gasteiger partial charge in [0, 0.05) is 6.04 Å². The highest BCUT2D eigenvalue weighted by atomic mass is 32.2. The van der Waals surface area contributed by atoms with E-state index in [0.29, 0.717) is 6.42 Å². The summed E-state index contributed by atoms with van der Waals surface area (Å²) in [6.07, 6.45) is 3.57. The fraction of sp³-hybridized carbons (Fsp3) is 0.556. The first-order valence-electron chi connectivity index (χ1n) is 5.16. The predicted octanol–water partition coefficient (Wildman–Crippen LogP) is 0.528. The van der Waals surface area contributed by atoms with Gasteiger partial charge in [0.05, 0.1) is 6.20 Å². The minimum absolute atomic E-state index is 0.271. The fourth-order valence-electron chi connectivity index (χ4n) is 1.31. The van der Waals surface area contributed by atoms with Crippen molar-refractivity contribution < 1.29 is 18.3 Å². The maximum atomic E-state index is 11.9. The smallest absolute Gasteiger partial charge is 0.340 e. The summed E-state index contributed by atoms with van der Waals surface area (Å²) in [5.41, 5.74) is -0.362. The summed E-state index contributed by atoms with van der Waals surface area (Å²) in [7, 11) is -3.88. The highest BCUT2D eigenvalue weighted by Gasteiger charge is 2.25. The van der Waals surface area contributed by atoms with Gasteiger partial charge in [0.1, 0.15) is 5.56 Å². The number of aromatic amines is 1. The number of aromatic carboxylic acids is 1. The van der Waals surface area contributed by atoms with Crippen molar-refractivity contribution in [3.8, 4) is 0 Å². The van der Waals surface area contributed by atoms with Crippen LogP contribution in [0.5, 0.6) is 0 Å². The summed E-state index contributed by atoms with van der Waals surface area (Å²) in [6, 6.07) is -0.271. The first-order valence-corrected chi connectivity index (χ1v) is 8.04. The third-order valence-electron chi connectivity index (χ3n) is 2.21. The van der Waals surface area contributed by atoms with Crippen LogP contribution in [0.25, 0.3) is 0 Å². The predicted molar refractivity (Wildman–Crippen MR) is 68.3 cm³/mol. The Kier molecular flexibility index (Phi) is 5.17. The first kappa shape index (κ1) is 15.0. The van der Waals surface area contributed by atoms with Gasteiger partial charge in [0.2, 0.25) is 0 Å². The molecule has 3 N–H and O–H groups in total. The van der Waals surface area contributed by atoms with E-state index in [0.717, 1.165) is 11.9 Å². The molecule has 102 valence electrons. The Bertz CT molecular complexity index is 512. The minimum atomic E-state index is -3.88. The molecule has 0 aromatic carbocycles. The van der Waals surface area contributed by atoms with Gasteiger partial charge in [-0.1, -0.05) is 0 Å². The molecular formula is C9H15N3O4S2. The van der Waals surface area contributed by atoms with Gasteiger partial charge in [-0.2, -0.15) is 16.9 Å². The number of H-pyrrole nitrogens is 1. The van der Waals surface area contributed by atoms with Crippen LogP contribution in [0.2, 0.25) is 0 Å².